The molecule has 2 N–H and O–H groups in total. The number of halogens is 3. The molecule has 0 aromatic carbocycles. The van der Waals surface area contributed by atoms with E-state index in [0.717, 1.165) is 45.7 Å². The molecule has 3 rings (SSSR count). The number of hydrogen-bond donors (Lipinski definition) is 2. The van der Waals surface area contributed by atoms with Crippen molar-refractivity contribution in [3.8, 4) is 0 Å². The number of alkyl halides is 3. The van der Waals surface area contributed by atoms with Gasteiger partial charge in [0, 0.05) is 50.5 Å². The van der Waals surface area contributed by atoms with Crippen molar-refractivity contribution in [1.82, 2.24) is 25.3 Å². The van der Waals surface area contributed by atoms with E-state index in [1.54, 1.807) is 0 Å². The molecule has 7 nitrogen and oxygen atoms in total. The standard InChI is InChI=1S/C20H33F3N6O/c1-3-24-18(25-13-16-14-28(2)27-17(16)20(21,22)23)26-15-19(7-5-4-6-8-19)29-9-11-30-12-10-29/h14H,3-13,15H2,1-2H3,(H2,24,25,26). The second kappa shape index (κ2) is 10.00. The summed E-state index contributed by atoms with van der Waals surface area (Å²) in [6.07, 6.45) is 2.75. The van der Waals surface area contributed by atoms with Gasteiger partial charge >= 0.3 is 6.18 Å². The van der Waals surface area contributed by atoms with E-state index >= 15 is 0 Å². The Bertz CT molecular complexity index is 706. The van der Waals surface area contributed by atoms with Crippen molar-refractivity contribution in [2.24, 2.45) is 12.0 Å². The van der Waals surface area contributed by atoms with Crippen LogP contribution in [0.3, 0.4) is 0 Å². The third kappa shape index (κ3) is 5.66. The molecule has 0 bridgehead atoms. The fourth-order valence-corrected chi connectivity index (χ4v) is 4.50. The first-order valence-electron chi connectivity index (χ1n) is 10.8. The Labute approximate surface area is 176 Å². The summed E-state index contributed by atoms with van der Waals surface area (Å²) in [6.45, 7) is 6.55. The number of guanidine groups is 1. The SMILES string of the molecule is CCNC(=NCc1cn(C)nc1C(F)(F)F)NCC1(N2CCOCC2)CCCCC1. The van der Waals surface area contributed by atoms with Crippen LogP contribution in [0.1, 0.15) is 50.3 Å². The van der Waals surface area contributed by atoms with Gasteiger partial charge in [-0.25, -0.2) is 4.99 Å². The van der Waals surface area contributed by atoms with Crippen molar-refractivity contribution in [3.05, 3.63) is 17.5 Å². The normalized spacial score (nSPS) is 20.9. The summed E-state index contributed by atoms with van der Waals surface area (Å²) in [7, 11) is 1.49. The van der Waals surface area contributed by atoms with Crippen molar-refractivity contribution in [2.75, 3.05) is 39.4 Å². The van der Waals surface area contributed by atoms with Crippen LogP contribution in [0.4, 0.5) is 13.2 Å². The maximum Gasteiger partial charge on any atom is 0.435 e. The summed E-state index contributed by atoms with van der Waals surface area (Å²) in [5.74, 6) is 0.535. The fraction of sp³-hybridized carbons (Fsp3) is 0.800. The van der Waals surface area contributed by atoms with Gasteiger partial charge in [0.2, 0.25) is 0 Å². The van der Waals surface area contributed by atoms with Crippen LogP contribution >= 0.6 is 0 Å². The van der Waals surface area contributed by atoms with Crippen LogP contribution in [0.15, 0.2) is 11.2 Å². The zero-order valence-corrected chi connectivity index (χ0v) is 17.9. The van der Waals surface area contributed by atoms with E-state index in [-0.39, 0.29) is 17.6 Å². The molecule has 2 heterocycles. The highest BCUT2D eigenvalue weighted by molar-refractivity contribution is 5.79. The number of nitrogens with one attached hydrogen (secondary N) is 2. The number of aliphatic imine (C=N–C) groups is 1. The monoisotopic (exact) mass is 430 g/mol. The zero-order chi connectivity index (χ0) is 21.6. The smallest absolute Gasteiger partial charge is 0.379 e. The van der Waals surface area contributed by atoms with Crippen LogP contribution in [-0.4, -0.2) is 65.6 Å². The van der Waals surface area contributed by atoms with E-state index in [2.05, 4.69) is 25.6 Å². The van der Waals surface area contributed by atoms with Crippen LogP contribution in [0.25, 0.3) is 0 Å². The lowest BCUT2D eigenvalue weighted by atomic mass is 9.80. The minimum atomic E-state index is -4.49. The minimum Gasteiger partial charge on any atom is -0.379 e. The second-order valence-corrected chi connectivity index (χ2v) is 8.11. The van der Waals surface area contributed by atoms with Crippen molar-refractivity contribution >= 4 is 5.96 Å². The molecule has 1 aliphatic heterocycles. The molecule has 1 aromatic rings. The predicted molar refractivity (Wildman–Crippen MR) is 109 cm³/mol. The molecule has 2 aliphatic rings. The number of nitrogens with zero attached hydrogens (tertiary/aromatic N) is 4. The predicted octanol–water partition coefficient (Wildman–Crippen LogP) is 2.53. The third-order valence-corrected chi connectivity index (χ3v) is 5.98. The van der Waals surface area contributed by atoms with E-state index in [1.165, 1.54) is 37.2 Å². The highest BCUT2D eigenvalue weighted by Crippen LogP contribution is 2.34. The molecule has 1 aliphatic carbocycles. The summed E-state index contributed by atoms with van der Waals surface area (Å²) in [4.78, 5) is 6.95. The lowest BCUT2D eigenvalue weighted by molar-refractivity contribution is -0.142. The topological polar surface area (TPSA) is 66.7 Å². The van der Waals surface area contributed by atoms with Gasteiger partial charge in [0.1, 0.15) is 0 Å². The van der Waals surface area contributed by atoms with Gasteiger partial charge in [0.25, 0.3) is 0 Å². The van der Waals surface area contributed by atoms with Gasteiger partial charge in [-0.3, -0.25) is 9.58 Å². The number of hydrogen-bond acceptors (Lipinski definition) is 4. The highest BCUT2D eigenvalue weighted by atomic mass is 19.4. The molecule has 0 amide bonds. The van der Waals surface area contributed by atoms with Crippen molar-refractivity contribution < 1.29 is 17.9 Å². The average molecular weight is 431 g/mol. The Balaban J connectivity index is 1.71. The molecule has 170 valence electrons. The quantitative estimate of drug-likeness (QED) is 0.536. The van der Waals surface area contributed by atoms with E-state index in [0.29, 0.717) is 12.5 Å². The molecule has 1 saturated heterocycles. The average Bonchev–Trinajstić information content (AvgIpc) is 3.12. The Morgan fingerprint density at radius 3 is 2.53 bits per heavy atom. The molecule has 30 heavy (non-hydrogen) atoms. The second-order valence-electron chi connectivity index (χ2n) is 8.11. The van der Waals surface area contributed by atoms with E-state index in [9.17, 15) is 13.2 Å². The lowest BCUT2D eigenvalue weighted by Gasteiger charge is -2.48. The van der Waals surface area contributed by atoms with Crippen LogP contribution in [0, 0.1) is 0 Å². The lowest BCUT2D eigenvalue weighted by Crippen LogP contribution is -2.60. The number of morpholine rings is 1. The van der Waals surface area contributed by atoms with Crippen LogP contribution in [-0.2, 0) is 24.5 Å². The van der Waals surface area contributed by atoms with Gasteiger partial charge in [-0.05, 0) is 19.8 Å². The van der Waals surface area contributed by atoms with Crippen LogP contribution in [0.5, 0.6) is 0 Å². The van der Waals surface area contributed by atoms with Crippen LogP contribution < -0.4 is 10.6 Å². The Morgan fingerprint density at radius 2 is 1.90 bits per heavy atom. The summed E-state index contributed by atoms with van der Waals surface area (Å²) in [5.41, 5.74) is -0.756. The van der Waals surface area contributed by atoms with Gasteiger partial charge < -0.3 is 15.4 Å². The maximum absolute atomic E-state index is 13.2. The van der Waals surface area contributed by atoms with Gasteiger partial charge in [0.15, 0.2) is 11.7 Å². The van der Waals surface area contributed by atoms with E-state index in [4.69, 9.17) is 4.74 Å². The van der Waals surface area contributed by atoms with Crippen molar-refractivity contribution in [3.63, 3.8) is 0 Å². The fourth-order valence-electron chi connectivity index (χ4n) is 4.50. The first-order chi connectivity index (χ1) is 14.3. The van der Waals surface area contributed by atoms with Gasteiger partial charge in [0.05, 0.1) is 19.8 Å². The third-order valence-electron chi connectivity index (χ3n) is 5.98. The number of aromatic nitrogens is 2. The Kier molecular flexibility index (Phi) is 7.62. The van der Waals surface area contributed by atoms with Crippen LogP contribution in [0.2, 0.25) is 0 Å². The molecule has 0 radical (unpaired) electrons. The molecule has 0 atom stereocenters. The van der Waals surface area contributed by atoms with E-state index in [1.807, 2.05) is 6.92 Å². The molecule has 0 spiro atoms. The number of rotatable bonds is 6. The molecule has 1 aromatic heterocycles. The largest absolute Gasteiger partial charge is 0.435 e. The summed E-state index contributed by atoms with van der Waals surface area (Å²) in [5, 5.41) is 10.1. The first-order valence-corrected chi connectivity index (χ1v) is 10.8. The first kappa shape index (κ1) is 22.9. The Morgan fingerprint density at radius 1 is 1.20 bits per heavy atom. The summed E-state index contributed by atoms with van der Waals surface area (Å²) >= 11 is 0. The van der Waals surface area contributed by atoms with Crippen molar-refractivity contribution in [2.45, 2.75) is 57.3 Å². The van der Waals surface area contributed by atoms with E-state index < -0.39 is 11.9 Å². The minimum absolute atomic E-state index is 0.0453. The van der Waals surface area contributed by atoms with Crippen molar-refractivity contribution in [1.29, 1.82) is 0 Å². The van der Waals surface area contributed by atoms with Gasteiger partial charge in [-0.15, -0.1) is 0 Å². The molecule has 10 heteroatoms. The number of ether oxygens (including phenoxy) is 1. The highest BCUT2D eigenvalue weighted by Gasteiger charge is 2.39. The maximum atomic E-state index is 13.2. The number of aryl methyl sites for hydroxylation is 1. The molecular formula is C20H33F3N6O. The summed E-state index contributed by atoms with van der Waals surface area (Å²) < 4.78 is 46.3. The molecule has 1 saturated carbocycles. The molecular weight excluding hydrogens is 397 g/mol. The zero-order valence-electron chi connectivity index (χ0n) is 17.9. The van der Waals surface area contributed by atoms with Gasteiger partial charge in [-0.2, -0.15) is 18.3 Å². The Hall–Kier alpha value is -1.81. The molecule has 2 fully saturated rings. The molecule has 0 unspecified atom stereocenters. The summed E-state index contributed by atoms with van der Waals surface area (Å²) in [6, 6.07) is 0. The van der Waals surface area contributed by atoms with Gasteiger partial charge in [-0.1, -0.05) is 19.3 Å².